The van der Waals surface area contributed by atoms with E-state index in [-0.39, 0.29) is 5.54 Å². The van der Waals surface area contributed by atoms with E-state index in [1.165, 1.54) is 0 Å². The Morgan fingerprint density at radius 1 is 1.40 bits per heavy atom. The summed E-state index contributed by atoms with van der Waals surface area (Å²) in [6, 6.07) is 0. The zero-order chi connectivity index (χ0) is 8.04. The van der Waals surface area contributed by atoms with Crippen LogP contribution in [0.1, 0.15) is 33.6 Å². The molecular weight excluding hydrogens is 126 g/mol. The lowest BCUT2D eigenvalue weighted by Crippen LogP contribution is -2.40. The predicted octanol–water partition coefficient (Wildman–Crippen LogP) is 1.54. The van der Waals surface area contributed by atoms with Gasteiger partial charge in [0.05, 0.1) is 6.61 Å². The first-order valence-electron chi connectivity index (χ1n) is 3.99. The van der Waals surface area contributed by atoms with Crippen molar-refractivity contribution in [3.63, 3.8) is 0 Å². The Morgan fingerprint density at radius 2 is 2.00 bits per heavy atom. The highest BCUT2D eigenvalue weighted by molar-refractivity contribution is 4.75. The third kappa shape index (κ3) is 4.77. The first-order valence-corrected chi connectivity index (χ1v) is 3.99. The molecule has 0 aromatic rings. The molecule has 0 radical (unpaired) electrons. The molecule has 0 heterocycles. The number of nitrogens with two attached hydrogens (primary N) is 1. The molecule has 2 nitrogen and oxygen atoms in total. The fourth-order valence-electron chi connectivity index (χ4n) is 0.552. The molecule has 1 unspecified atom stereocenters. The van der Waals surface area contributed by atoms with Gasteiger partial charge in [0.1, 0.15) is 0 Å². The molecule has 0 saturated heterocycles. The predicted molar refractivity (Wildman–Crippen MR) is 44.0 cm³/mol. The maximum absolute atomic E-state index is 5.83. The van der Waals surface area contributed by atoms with E-state index in [2.05, 4.69) is 13.8 Å². The van der Waals surface area contributed by atoms with Crippen molar-refractivity contribution in [3.8, 4) is 0 Å². The molecule has 0 aliphatic heterocycles. The minimum Gasteiger partial charge on any atom is -0.380 e. The van der Waals surface area contributed by atoms with Crippen molar-refractivity contribution in [2.75, 3.05) is 13.2 Å². The van der Waals surface area contributed by atoms with Crippen LogP contribution in [0, 0.1) is 0 Å². The molecule has 0 bridgehead atoms. The molecule has 2 heteroatoms. The summed E-state index contributed by atoms with van der Waals surface area (Å²) in [4.78, 5) is 0. The maximum atomic E-state index is 5.83. The van der Waals surface area contributed by atoms with Gasteiger partial charge >= 0.3 is 0 Å². The maximum Gasteiger partial charge on any atom is 0.0643 e. The van der Waals surface area contributed by atoms with E-state index < -0.39 is 0 Å². The lowest BCUT2D eigenvalue weighted by Gasteiger charge is -2.21. The van der Waals surface area contributed by atoms with Gasteiger partial charge in [-0.25, -0.2) is 0 Å². The van der Waals surface area contributed by atoms with Crippen molar-refractivity contribution in [3.05, 3.63) is 0 Å². The normalized spacial score (nSPS) is 16.8. The highest BCUT2D eigenvalue weighted by atomic mass is 16.5. The van der Waals surface area contributed by atoms with Crippen molar-refractivity contribution in [2.45, 2.75) is 39.2 Å². The molecule has 0 aromatic carbocycles. The Kier molecular flexibility index (Phi) is 4.65. The van der Waals surface area contributed by atoms with Crippen LogP contribution in [0.3, 0.4) is 0 Å². The summed E-state index contributed by atoms with van der Waals surface area (Å²) < 4.78 is 5.31. The van der Waals surface area contributed by atoms with Gasteiger partial charge in [0, 0.05) is 12.1 Å². The van der Waals surface area contributed by atoms with Crippen molar-refractivity contribution in [1.82, 2.24) is 0 Å². The van der Waals surface area contributed by atoms with E-state index in [9.17, 15) is 0 Å². The Bertz CT molecular complexity index is 81.3. The second-order valence-electron chi connectivity index (χ2n) is 3.06. The van der Waals surface area contributed by atoms with Gasteiger partial charge in [0.15, 0.2) is 0 Å². The van der Waals surface area contributed by atoms with Crippen LogP contribution in [-0.4, -0.2) is 18.8 Å². The van der Waals surface area contributed by atoms with E-state index in [1.54, 1.807) is 0 Å². The standard InChI is InChI=1S/C8H19NO/c1-4-6-10-7-8(3,9)5-2/h4-7,9H2,1-3H3. The summed E-state index contributed by atoms with van der Waals surface area (Å²) in [5.41, 5.74) is 5.70. The topological polar surface area (TPSA) is 35.2 Å². The molecule has 0 spiro atoms. The molecule has 2 N–H and O–H groups in total. The quantitative estimate of drug-likeness (QED) is 0.595. The summed E-state index contributed by atoms with van der Waals surface area (Å²) in [6.45, 7) is 7.70. The van der Waals surface area contributed by atoms with Crippen LogP contribution < -0.4 is 5.73 Å². The fraction of sp³-hybridized carbons (Fsp3) is 1.00. The van der Waals surface area contributed by atoms with Crippen molar-refractivity contribution >= 4 is 0 Å². The van der Waals surface area contributed by atoms with Gasteiger partial charge < -0.3 is 10.5 Å². The molecule has 10 heavy (non-hydrogen) atoms. The minimum absolute atomic E-state index is 0.130. The lowest BCUT2D eigenvalue weighted by atomic mass is 10.0. The molecule has 0 aromatic heterocycles. The average molecular weight is 145 g/mol. The third-order valence-electron chi connectivity index (χ3n) is 1.59. The summed E-state index contributed by atoms with van der Waals surface area (Å²) in [6.07, 6.45) is 2.04. The molecule has 0 rings (SSSR count). The van der Waals surface area contributed by atoms with Crippen LogP contribution in [-0.2, 0) is 4.74 Å². The lowest BCUT2D eigenvalue weighted by molar-refractivity contribution is 0.0900. The highest BCUT2D eigenvalue weighted by Gasteiger charge is 2.14. The second kappa shape index (κ2) is 4.69. The van der Waals surface area contributed by atoms with E-state index in [4.69, 9.17) is 10.5 Å². The molecule has 0 fully saturated rings. The van der Waals surface area contributed by atoms with Crippen LogP contribution in [0.2, 0.25) is 0 Å². The molecule has 0 aliphatic rings. The van der Waals surface area contributed by atoms with E-state index in [1.807, 2.05) is 6.92 Å². The Morgan fingerprint density at radius 3 is 2.40 bits per heavy atom. The summed E-state index contributed by atoms with van der Waals surface area (Å²) in [5, 5.41) is 0. The van der Waals surface area contributed by atoms with Crippen molar-refractivity contribution in [2.24, 2.45) is 5.73 Å². The molecule has 1 atom stereocenters. The largest absolute Gasteiger partial charge is 0.380 e. The third-order valence-corrected chi connectivity index (χ3v) is 1.59. The Labute approximate surface area is 63.7 Å². The van der Waals surface area contributed by atoms with Gasteiger partial charge in [-0.15, -0.1) is 0 Å². The SMILES string of the molecule is CCCOCC(C)(N)CC. The second-order valence-corrected chi connectivity index (χ2v) is 3.06. The van der Waals surface area contributed by atoms with E-state index in [0.717, 1.165) is 19.4 Å². The number of rotatable bonds is 5. The summed E-state index contributed by atoms with van der Waals surface area (Å²) in [5.74, 6) is 0. The average Bonchev–Trinajstić information content (AvgIpc) is 1.89. The zero-order valence-corrected chi connectivity index (χ0v) is 7.31. The van der Waals surface area contributed by atoms with Gasteiger partial charge in [-0.05, 0) is 19.8 Å². The molecule has 0 aliphatic carbocycles. The Hall–Kier alpha value is -0.0800. The molecular formula is C8H19NO. The van der Waals surface area contributed by atoms with Crippen LogP contribution >= 0.6 is 0 Å². The zero-order valence-electron chi connectivity index (χ0n) is 7.31. The van der Waals surface area contributed by atoms with Crippen LogP contribution in [0.15, 0.2) is 0 Å². The molecule has 0 amide bonds. The van der Waals surface area contributed by atoms with E-state index in [0.29, 0.717) is 6.61 Å². The first-order chi connectivity index (χ1) is 4.62. The van der Waals surface area contributed by atoms with Crippen molar-refractivity contribution < 1.29 is 4.74 Å². The van der Waals surface area contributed by atoms with Crippen LogP contribution in [0.4, 0.5) is 0 Å². The number of ether oxygens (including phenoxy) is 1. The smallest absolute Gasteiger partial charge is 0.0643 e. The first kappa shape index (κ1) is 9.92. The van der Waals surface area contributed by atoms with Gasteiger partial charge in [0.25, 0.3) is 0 Å². The summed E-state index contributed by atoms with van der Waals surface area (Å²) >= 11 is 0. The molecule has 0 saturated carbocycles. The van der Waals surface area contributed by atoms with Gasteiger partial charge in [-0.1, -0.05) is 13.8 Å². The highest BCUT2D eigenvalue weighted by Crippen LogP contribution is 2.04. The van der Waals surface area contributed by atoms with E-state index >= 15 is 0 Å². The number of hydrogen-bond acceptors (Lipinski definition) is 2. The fourth-order valence-corrected chi connectivity index (χ4v) is 0.552. The van der Waals surface area contributed by atoms with Crippen LogP contribution in [0.5, 0.6) is 0 Å². The Balaban J connectivity index is 3.28. The monoisotopic (exact) mass is 145 g/mol. The number of hydrogen-bond donors (Lipinski definition) is 1. The van der Waals surface area contributed by atoms with Gasteiger partial charge in [-0.3, -0.25) is 0 Å². The summed E-state index contributed by atoms with van der Waals surface area (Å²) in [7, 11) is 0. The van der Waals surface area contributed by atoms with Crippen LogP contribution in [0.25, 0.3) is 0 Å². The molecule has 62 valence electrons. The minimum atomic E-state index is -0.130. The van der Waals surface area contributed by atoms with Gasteiger partial charge in [-0.2, -0.15) is 0 Å². The van der Waals surface area contributed by atoms with Gasteiger partial charge in [0.2, 0.25) is 0 Å². The van der Waals surface area contributed by atoms with Crippen molar-refractivity contribution in [1.29, 1.82) is 0 Å².